The summed E-state index contributed by atoms with van der Waals surface area (Å²) in [5.41, 5.74) is 0. The molecule has 4 atom stereocenters. The van der Waals surface area contributed by atoms with Crippen LogP contribution in [0.3, 0.4) is 0 Å². The molecule has 0 saturated heterocycles. The summed E-state index contributed by atoms with van der Waals surface area (Å²) in [6.45, 7) is 0.576. The number of amides is 1. The van der Waals surface area contributed by atoms with Gasteiger partial charge in [0.05, 0.1) is 12.7 Å². The van der Waals surface area contributed by atoms with Gasteiger partial charge in [0.1, 0.15) is 0 Å². The molecule has 4 nitrogen and oxygen atoms in total. The third-order valence-electron chi connectivity index (χ3n) is 4.78. The average molecular weight is 269 g/mol. The first-order chi connectivity index (χ1) is 9.20. The molecule has 2 aliphatic rings. The topological polar surface area (TPSA) is 58.6 Å². The Balaban J connectivity index is 1.74. The lowest BCUT2D eigenvalue weighted by molar-refractivity contribution is -0.127. The quantitative estimate of drug-likeness (QED) is 0.799. The van der Waals surface area contributed by atoms with Crippen LogP contribution in [0.4, 0.5) is 0 Å². The van der Waals surface area contributed by atoms with Crippen LogP contribution < -0.4 is 5.32 Å². The monoisotopic (exact) mass is 269 g/mol. The van der Waals surface area contributed by atoms with Gasteiger partial charge >= 0.3 is 0 Å². The van der Waals surface area contributed by atoms with Crippen LogP contribution in [0.1, 0.15) is 44.9 Å². The summed E-state index contributed by atoms with van der Waals surface area (Å²) in [4.78, 5) is 12.1. The zero-order valence-corrected chi connectivity index (χ0v) is 11.9. The van der Waals surface area contributed by atoms with Gasteiger partial charge in [-0.2, -0.15) is 0 Å². The number of carbonyl (C=O) groups excluding carboxylic acids is 1. The molecule has 2 fully saturated rings. The zero-order chi connectivity index (χ0) is 13.7. The van der Waals surface area contributed by atoms with Crippen molar-refractivity contribution in [2.24, 2.45) is 17.8 Å². The maximum atomic E-state index is 12.1. The van der Waals surface area contributed by atoms with Gasteiger partial charge in [-0.05, 0) is 31.1 Å². The van der Waals surface area contributed by atoms with Crippen molar-refractivity contribution < 1.29 is 14.6 Å². The van der Waals surface area contributed by atoms with Crippen molar-refractivity contribution in [2.45, 2.75) is 51.0 Å². The van der Waals surface area contributed by atoms with E-state index in [2.05, 4.69) is 5.32 Å². The summed E-state index contributed by atoms with van der Waals surface area (Å²) < 4.78 is 4.85. The van der Waals surface area contributed by atoms with Crippen molar-refractivity contribution in [3.05, 3.63) is 0 Å². The summed E-state index contributed by atoms with van der Waals surface area (Å²) in [5.74, 6) is 1.92. The van der Waals surface area contributed by atoms with Gasteiger partial charge in [0.25, 0.3) is 0 Å². The van der Waals surface area contributed by atoms with Crippen molar-refractivity contribution in [3.63, 3.8) is 0 Å². The second kappa shape index (κ2) is 7.25. The number of methoxy groups -OCH3 is 1. The standard InChI is InChI=1S/C15H27NO3/c1-19-10-14(17)9-16-15(18)13-7-6-11-4-2-3-5-12(11)8-13/h11-14,17H,2-10H2,1H3,(H,16,18). The van der Waals surface area contributed by atoms with Gasteiger partial charge in [0.2, 0.25) is 5.91 Å². The fraction of sp³-hybridized carbons (Fsp3) is 0.933. The number of aliphatic hydroxyl groups is 1. The molecule has 19 heavy (non-hydrogen) atoms. The van der Waals surface area contributed by atoms with Crippen molar-refractivity contribution >= 4 is 5.91 Å². The number of rotatable bonds is 5. The number of ether oxygens (including phenoxy) is 1. The van der Waals surface area contributed by atoms with Gasteiger partial charge in [-0.25, -0.2) is 0 Å². The van der Waals surface area contributed by atoms with E-state index in [4.69, 9.17) is 4.74 Å². The van der Waals surface area contributed by atoms with E-state index in [0.717, 1.165) is 24.7 Å². The summed E-state index contributed by atoms with van der Waals surface area (Å²) in [5, 5.41) is 12.4. The van der Waals surface area contributed by atoms with E-state index in [1.165, 1.54) is 32.1 Å². The summed E-state index contributed by atoms with van der Waals surface area (Å²) in [6, 6.07) is 0. The molecule has 0 aromatic carbocycles. The highest BCUT2D eigenvalue weighted by Crippen LogP contribution is 2.42. The van der Waals surface area contributed by atoms with E-state index >= 15 is 0 Å². The zero-order valence-electron chi connectivity index (χ0n) is 11.9. The Kier molecular flexibility index (Phi) is 5.64. The molecule has 2 aliphatic carbocycles. The fourth-order valence-electron chi connectivity index (χ4n) is 3.73. The first-order valence-electron chi connectivity index (χ1n) is 7.65. The molecule has 0 heterocycles. The molecule has 2 N–H and O–H groups in total. The van der Waals surface area contributed by atoms with Crippen LogP contribution in [0.15, 0.2) is 0 Å². The van der Waals surface area contributed by atoms with Crippen LogP contribution in [0.2, 0.25) is 0 Å². The molecule has 4 heteroatoms. The predicted molar refractivity (Wildman–Crippen MR) is 73.7 cm³/mol. The summed E-state index contributed by atoms with van der Waals surface area (Å²) in [6.07, 6.45) is 8.07. The molecule has 0 aliphatic heterocycles. The number of aliphatic hydroxyl groups excluding tert-OH is 1. The normalized spacial score (nSPS) is 32.4. The van der Waals surface area contributed by atoms with Crippen LogP contribution >= 0.6 is 0 Å². The molecule has 0 spiro atoms. The number of nitrogens with one attached hydrogen (secondary N) is 1. The summed E-state index contributed by atoms with van der Waals surface area (Å²) in [7, 11) is 1.55. The largest absolute Gasteiger partial charge is 0.389 e. The Morgan fingerprint density at radius 2 is 2.00 bits per heavy atom. The van der Waals surface area contributed by atoms with Gasteiger partial charge in [0.15, 0.2) is 0 Å². The molecule has 110 valence electrons. The van der Waals surface area contributed by atoms with Gasteiger partial charge in [-0.15, -0.1) is 0 Å². The SMILES string of the molecule is COCC(O)CNC(=O)C1CCC2CCCCC2C1. The Morgan fingerprint density at radius 3 is 2.74 bits per heavy atom. The first-order valence-corrected chi connectivity index (χ1v) is 7.65. The van der Waals surface area contributed by atoms with Crippen molar-refractivity contribution in [1.29, 1.82) is 0 Å². The van der Waals surface area contributed by atoms with Crippen LogP contribution in [0.25, 0.3) is 0 Å². The average Bonchev–Trinajstić information content (AvgIpc) is 2.44. The van der Waals surface area contributed by atoms with E-state index in [-0.39, 0.29) is 18.4 Å². The molecule has 0 aromatic rings. The molecule has 2 rings (SSSR count). The molecule has 1 amide bonds. The number of hydrogen-bond donors (Lipinski definition) is 2. The second-order valence-corrected chi connectivity index (χ2v) is 6.17. The lowest BCUT2D eigenvalue weighted by atomic mass is 9.67. The minimum absolute atomic E-state index is 0.124. The second-order valence-electron chi connectivity index (χ2n) is 6.17. The molecular formula is C15H27NO3. The Hall–Kier alpha value is -0.610. The third kappa shape index (κ3) is 4.18. The number of hydrogen-bond acceptors (Lipinski definition) is 3. The molecule has 0 aromatic heterocycles. The molecule has 4 unspecified atom stereocenters. The Labute approximate surface area is 115 Å². The van der Waals surface area contributed by atoms with Crippen LogP contribution in [0, 0.1) is 17.8 Å². The Bertz CT molecular complexity index is 295. The smallest absolute Gasteiger partial charge is 0.223 e. The Morgan fingerprint density at radius 1 is 1.26 bits per heavy atom. The van der Waals surface area contributed by atoms with Gasteiger partial charge in [-0.3, -0.25) is 4.79 Å². The van der Waals surface area contributed by atoms with E-state index in [9.17, 15) is 9.90 Å². The van der Waals surface area contributed by atoms with E-state index in [1.807, 2.05) is 0 Å². The lowest BCUT2D eigenvalue weighted by Crippen LogP contribution is -2.41. The van der Waals surface area contributed by atoms with Crippen LogP contribution in [-0.4, -0.2) is 37.4 Å². The fourth-order valence-corrected chi connectivity index (χ4v) is 3.73. The highest BCUT2D eigenvalue weighted by atomic mass is 16.5. The van der Waals surface area contributed by atoms with E-state index < -0.39 is 6.10 Å². The number of carbonyl (C=O) groups is 1. The molecular weight excluding hydrogens is 242 g/mol. The van der Waals surface area contributed by atoms with E-state index in [0.29, 0.717) is 6.54 Å². The predicted octanol–water partition coefficient (Wildman–Crippen LogP) is 1.72. The van der Waals surface area contributed by atoms with E-state index in [1.54, 1.807) is 7.11 Å². The minimum Gasteiger partial charge on any atom is -0.389 e. The van der Waals surface area contributed by atoms with Gasteiger partial charge in [0, 0.05) is 19.6 Å². The molecule has 0 radical (unpaired) electrons. The van der Waals surface area contributed by atoms with Crippen molar-refractivity contribution in [2.75, 3.05) is 20.3 Å². The molecule has 2 saturated carbocycles. The number of fused-ring (bicyclic) bond motifs is 1. The minimum atomic E-state index is -0.597. The third-order valence-corrected chi connectivity index (χ3v) is 4.78. The maximum absolute atomic E-state index is 12.1. The van der Waals surface area contributed by atoms with Gasteiger partial charge < -0.3 is 15.2 Å². The first kappa shape index (κ1) is 14.8. The highest BCUT2D eigenvalue weighted by Gasteiger charge is 2.34. The van der Waals surface area contributed by atoms with Gasteiger partial charge in [-0.1, -0.05) is 25.7 Å². The van der Waals surface area contributed by atoms with Crippen molar-refractivity contribution in [3.8, 4) is 0 Å². The lowest BCUT2D eigenvalue weighted by Gasteiger charge is -2.38. The maximum Gasteiger partial charge on any atom is 0.223 e. The summed E-state index contributed by atoms with van der Waals surface area (Å²) >= 11 is 0. The van der Waals surface area contributed by atoms with Crippen molar-refractivity contribution in [1.82, 2.24) is 5.32 Å². The van der Waals surface area contributed by atoms with Crippen LogP contribution in [0.5, 0.6) is 0 Å². The molecule has 0 bridgehead atoms. The highest BCUT2D eigenvalue weighted by molar-refractivity contribution is 5.78. The van der Waals surface area contributed by atoms with Crippen LogP contribution in [-0.2, 0) is 9.53 Å².